The Kier molecular flexibility index (Phi) is 5.33. The minimum absolute atomic E-state index is 0.0216. The normalized spacial score (nSPS) is 19.3. The molecule has 20 heavy (non-hydrogen) atoms. The highest BCUT2D eigenvalue weighted by atomic mass is 32.1. The third kappa shape index (κ3) is 3.47. The van der Waals surface area contributed by atoms with Gasteiger partial charge in [0.15, 0.2) is 0 Å². The van der Waals surface area contributed by atoms with Gasteiger partial charge in [-0.05, 0) is 13.3 Å². The van der Waals surface area contributed by atoms with E-state index in [1.165, 1.54) is 11.3 Å². The number of amides is 1. The average molecular weight is 300 g/mol. The summed E-state index contributed by atoms with van der Waals surface area (Å²) in [5, 5.41) is 11.1. The Balaban J connectivity index is 1.84. The van der Waals surface area contributed by atoms with Crippen LogP contribution in [0, 0.1) is 6.92 Å². The Bertz CT molecular complexity index is 511. The van der Waals surface area contributed by atoms with Gasteiger partial charge in [0.25, 0.3) is 0 Å². The largest absolute Gasteiger partial charge is 0.394 e. The summed E-state index contributed by atoms with van der Waals surface area (Å²) >= 11 is 1.18. The molecule has 0 aliphatic carbocycles. The van der Waals surface area contributed by atoms with E-state index in [9.17, 15) is 14.7 Å². The number of aliphatic hydroxyl groups is 1. The van der Waals surface area contributed by atoms with E-state index in [4.69, 9.17) is 4.74 Å². The van der Waals surface area contributed by atoms with E-state index >= 15 is 0 Å². The van der Waals surface area contributed by atoms with Crippen molar-refractivity contribution in [1.82, 2.24) is 9.47 Å². The predicted octanol–water partition coefficient (Wildman–Crippen LogP) is 0.218. The molecule has 2 rings (SSSR count). The number of carbonyl (C=O) groups excluding carboxylic acids is 1. The van der Waals surface area contributed by atoms with Crippen molar-refractivity contribution < 1.29 is 14.6 Å². The molecule has 112 valence electrons. The van der Waals surface area contributed by atoms with Crippen molar-refractivity contribution in [1.29, 1.82) is 0 Å². The molecule has 6 nitrogen and oxygen atoms in total. The maximum Gasteiger partial charge on any atom is 0.307 e. The van der Waals surface area contributed by atoms with Crippen LogP contribution in [0.1, 0.15) is 18.5 Å². The summed E-state index contributed by atoms with van der Waals surface area (Å²) in [5.74, 6) is 0.0216. The number of morpholine rings is 1. The topological polar surface area (TPSA) is 71.8 Å². The van der Waals surface area contributed by atoms with E-state index in [-0.39, 0.29) is 23.4 Å². The highest BCUT2D eigenvalue weighted by molar-refractivity contribution is 7.07. The summed E-state index contributed by atoms with van der Waals surface area (Å²) in [6.45, 7) is 3.82. The van der Waals surface area contributed by atoms with Crippen LogP contribution in [0.25, 0.3) is 0 Å². The summed E-state index contributed by atoms with van der Waals surface area (Å²) in [6, 6.07) is -0.234. The zero-order valence-corrected chi connectivity index (χ0v) is 12.4. The lowest BCUT2D eigenvalue weighted by Crippen LogP contribution is -2.50. The number of nitrogens with zero attached hydrogens (tertiary/aromatic N) is 2. The van der Waals surface area contributed by atoms with Crippen LogP contribution in [0.2, 0.25) is 0 Å². The molecule has 1 aromatic rings. The van der Waals surface area contributed by atoms with Crippen LogP contribution < -0.4 is 4.87 Å². The molecule has 0 bridgehead atoms. The molecular weight excluding hydrogens is 280 g/mol. The molecule has 0 aromatic carbocycles. The van der Waals surface area contributed by atoms with Crippen LogP contribution in [-0.2, 0) is 16.1 Å². The van der Waals surface area contributed by atoms with Crippen LogP contribution in [0.4, 0.5) is 0 Å². The van der Waals surface area contributed by atoms with E-state index < -0.39 is 0 Å². The van der Waals surface area contributed by atoms with E-state index in [1.807, 2.05) is 12.3 Å². The zero-order chi connectivity index (χ0) is 14.5. The van der Waals surface area contributed by atoms with Gasteiger partial charge >= 0.3 is 4.87 Å². The van der Waals surface area contributed by atoms with E-state index in [0.29, 0.717) is 39.1 Å². The highest BCUT2D eigenvalue weighted by Crippen LogP contribution is 2.10. The molecule has 1 aromatic heterocycles. The summed E-state index contributed by atoms with van der Waals surface area (Å²) in [4.78, 5) is 25.4. The van der Waals surface area contributed by atoms with Crippen molar-refractivity contribution in [3.8, 4) is 0 Å². The molecule has 1 atom stereocenters. The predicted molar refractivity (Wildman–Crippen MR) is 76.0 cm³/mol. The maximum atomic E-state index is 12.1. The number of aromatic nitrogens is 1. The lowest BCUT2D eigenvalue weighted by Gasteiger charge is -2.34. The van der Waals surface area contributed by atoms with Gasteiger partial charge in [0.05, 0.1) is 25.9 Å². The van der Waals surface area contributed by atoms with Gasteiger partial charge in [-0.15, -0.1) is 0 Å². The molecule has 1 fully saturated rings. The molecule has 1 amide bonds. The van der Waals surface area contributed by atoms with Crippen molar-refractivity contribution in [2.45, 2.75) is 32.4 Å². The van der Waals surface area contributed by atoms with E-state index in [2.05, 4.69) is 0 Å². The molecule has 0 saturated carbocycles. The van der Waals surface area contributed by atoms with Crippen molar-refractivity contribution >= 4 is 17.2 Å². The fourth-order valence-electron chi connectivity index (χ4n) is 2.34. The lowest BCUT2D eigenvalue weighted by atomic mass is 10.2. The van der Waals surface area contributed by atoms with Gasteiger partial charge in [-0.3, -0.25) is 9.59 Å². The van der Waals surface area contributed by atoms with Crippen molar-refractivity contribution in [3.05, 3.63) is 20.7 Å². The number of rotatable bonds is 5. The smallest absolute Gasteiger partial charge is 0.307 e. The first-order chi connectivity index (χ1) is 9.63. The third-order valence-corrected chi connectivity index (χ3v) is 4.39. The lowest BCUT2D eigenvalue weighted by molar-refractivity contribution is -0.141. The van der Waals surface area contributed by atoms with Crippen molar-refractivity contribution in [2.24, 2.45) is 0 Å². The molecule has 0 spiro atoms. The Labute approximate surface area is 121 Å². The fourth-order valence-corrected chi connectivity index (χ4v) is 3.10. The number of thiazole rings is 1. The van der Waals surface area contributed by atoms with Gasteiger partial charge in [0.2, 0.25) is 5.91 Å². The van der Waals surface area contributed by atoms with Gasteiger partial charge in [0.1, 0.15) is 0 Å². The average Bonchev–Trinajstić information content (AvgIpc) is 2.78. The number of ether oxygens (including phenoxy) is 1. The minimum Gasteiger partial charge on any atom is -0.394 e. The number of aryl methyl sites for hydroxylation is 1. The Hall–Kier alpha value is -1.18. The van der Waals surface area contributed by atoms with Crippen LogP contribution in [0.15, 0.2) is 10.2 Å². The van der Waals surface area contributed by atoms with Gasteiger partial charge in [-0.1, -0.05) is 11.3 Å². The molecule has 2 heterocycles. The number of aliphatic hydroxyl groups excluding tert-OH is 1. The van der Waals surface area contributed by atoms with Crippen LogP contribution in [0.3, 0.4) is 0 Å². The van der Waals surface area contributed by atoms with E-state index in [1.54, 1.807) is 9.47 Å². The van der Waals surface area contributed by atoms with Crippen LogP contribution in [0.5, 0.6) is 0 Å². The second kappa shape index (κ2) is 7.01. The third-order valence-electron chi connectivity index (χ3n) is 3.51. The van der Waals surface area contributed by atoms with Gasteiger partial charge < -0.3 is 19.3 Å². The summed E-state index contributed by atoms with van der Waals surface area (Å²) in [7, 11) is 0. The maximum absolute atomic E-state index is 12.1. The van der Waals surface area contributed by atoms with E-state index in [0.717, 1.165) is 5.69 Å². The van der Waals surface area contributed by atoms with Crippen molar-refractivity contribution in [3.63, 3.8) is 0 Å². The van der Waals surface area contributed by atoms with Gasteiger partial charge in [-0.25, -0.2) is 0 Å². The first-order valence-corrected chi connectivity index (χ1v) is 7.64. The standard InChI is InChI=1S/C13H20N2O4S/c1-10-9-20-13(18)14(10)4-2-3-12(17)15-5-6-19-8-11(15)7-16/h9,11,16H,2-8H2,1H3. The van der Waals surface area contributed by atoms with Crippen LogP contribution in [-0.4, -0.2) is 52.9 Å². The molecular formula is C13H20N2O4S. The number of carbonyl (C=O) groups is 1. The summed E-state index contributed by atoms with van der Waals surface area (Å²) in [5.41, 5.74) is 0.937. The monoisotopic (exact) mass is 300 g/mol. The van der Waals surface area contributed by atoms with Crippen molar-refractivity contribution in [2.75, 3.05) is 26.4 Å². The first kappa shape index (κ1) is 15.2. The summed E-state index contributed by atoms with van der Waals surface area (Å²) < 4.78 is 6.95. The Morgan fingerprint density at radius 2 is 2.40 bits per heavy atom. The molecule has 1 unspecified atom stereocenters. The first-order valence-electron chi connectivity index (χ1n) is 6.76. The molecule has 1 saturated heterocycles. The number of hydrogen-bond acceptors (Lipinski definition) is 5. The minimum atomic E-state index is -0.234. The second-order valence-electron chi connectivity index (χ2n) is 4.90. The van der Waals surface area contributed by atoms with Crippen LogP contribution >= 0.6 is 11.3 Å². The quantitative estimate of drug-likeness (QED) is 0.844. The Morgan fingerprint density at radius 1 is 1.60 bits per heavy atom. The van der Waals surface area contributed by atoms with Gasteiger partial charge in [-0.2, -0.15) is 0 Å². The Morgan fingerprint density at radius 3 is 3.05 bits per heavy atom. The molecule has 1 aliphatic heterocycles. The molecule has 0 radical (unpaired) electrons. The second-order valence-corrected chi connectivity index (χ2v) is 5.72. The molecule has 7 heteroatoms. The zero-order valence-electron chi connectivity index (χ0n) is 11.6. The highest BCUT2D eigenvalue weighted by Gasteiger charge is 2.26. The number of hydrogen-bond donors (Lipinski definition) is 1. The fraction of sp³-hybridized carbons (Fsp3) is 0.692. The summed E-state index contributed by atoms with van der Waals surface area (Å²) in [6.07, 6.45) is 1.02. The van der Waals surface area contributed by atoms with Gasteiger partial charge in [0, 0.05) is 30.6 Å². The molecule has 1 N–H and O–H groups in total. The molecule has 1 aliphatic rings. The SMILES string of the molecule is Cc1csc(=O)n1CCCC(=O)N1CCOCC1CO.